The Kier molecular flexibility index (Phi) is 14.0. The lowest BCUT2D eigenvalue weighted by Crippen LogP contribution is -2.32. The highest BCUT2D eigenvalue weighted by molar-refractivity contribution is 5.94. The van der Waals surface area contributed by atoms with Crippen molar-refractivity contribution in [2.75, 3.05) is 20.2 Å². The number of rotatable bonds is 11. The number of amides is 1. The summed E-state index contributed by atoms with van der Waals surface area (Å²) in [7, 11) is 1.33. The largest absolute Gasteiger partial charge is 0.466 e. The van der Waals surface area contributed by atoms with Gasteiger partial charge in [-0.25, -0.2) is 4.79 Å². The Morgan fingerprint density at radius 1 is 1.14 bits per heavy atom. The summed E-state index contributed by atoms with van der Waals surface area (Å²) in [6.45, 7) is 14.9. The van der Waals surface area contributed by atoms with Crippen LogP contribution in [0.1, 0.15) is 56.0 Å². The van der Waals surface area contributed by atoms with Gasteiger partial charge in [-0.15, -0.1) is 13.2 Å². The molecule has 4 heteroatoms. The molecule has 154 valence electrons. The molecule has 0 saturated carbocycles. The number of unbranched alkanes of at least 4 members (excludes halogenated alkanes) is 1. The molecule has 1 aromatic rings. The molecule has 1 rings (SSSR count). The topological polar surface area (TPSA) is 46.6 Å². The Morgan fingerprint density at radius 2 is 1.79 bits per heavy atom. The summed E-state index contributed by atoms with van der Waals surface area (Å²) in [5.74, 6) is 0.0856. The van der Waals surface area contributed by atoms with Crippen LogP contribution in [0.15, 0.2) is 55.7 Å². The van der Waals surface area contributed by atoms with Gasteiger partial charge in [0, 0.05) is 24.7 Å². The Bertz CT molecular complexity index is 632. The molecule has 0 aromatic heterocycles. The third-order valence-electron chi connectivity index (χ3n) is 4.15. The molecule has 0 fully saturated rings. The zero-order chi connectivity index (χ0) is 21.4. The summed E-state index contributed by atoms with van der Waals surface area (Å²) in [6.07, 6.45) is 9.82. The van der Waals surface area contributed by atoms with E-state index in [1.807, 2.05) is 37.0 Å². The van der Waals surface area contributed by atoms with Gasteiger partial charge in [0.25, 0.3) is 5.91 Å². The highest BCUT2D eigenvalue weighted by atomic mass is 16.5. The quantitative estimate of drug-likeness (QED) is 0.218. The minimum absolute atomic E-state index is 0.00910. The lowest BCUT2D eigenvalue weighted by Gasteiger charge is -2.21. The van der Waals surface area contributed by atoms with Gasteiger partial charge >= 0.3 is 5.97 Å². The first-order valence-corrected chi connectivity index (χ1v) is 9.90. The van der Waals surface area contributed by atoms with E-state index < -0.39 is 5.97 Å². The summed E-state index contributed by atoms with van der Waals surface area (Å²) < 4.78 is 4.56. The molecule has 4 nitrogen and oxygen atoms in total. The summed E-state index contributed by atoms with van der Waals surface area (Å²) in [5, 5.41) is 0. The molecule has 1 amide bonds. The minimum atomic E-state index is -0.409. The maximum atomic E-state index is 12.7. The van der Waals surface area contributed by atoms with E-state index in [0.29, 0.717) is 24.6 Å². The summed E-state index contributed by atoms with van der Waals surface area (Å²) >= 11 is 0. The molecule has 0 N–H and O–H groups in total. The molecule has 1 atom stereocenters. The average molecular weight is 386 g/mol. The Balaban J connectivity index is 0.00000352. The number of hydrogen-bond acceptors (Lipinski definition) is 3. The number of benzene rings is 1. The number of esters is 1. The second-order valence-electron chi connectivity index (χ2n) is 6.23. The first-order valence-electron chi connectivity index (χ1n) is 9.90. The molecule has 0 aliphatic rings. The van der Waals surface area contributed by atoms with Crippen LogP contribution >= 0.6 is 0 Å². The third-order valence-corrected chi connectivity index (χ3v) is 4.15. The predicted octanol–water partition coefficient (Wildman–Crippen LogP) is 5.52. The molecule has 1 unspecified atom stereocenters. The number of hydrogen-bond donors (Lipinski definition) is 0. The zero-order valence-electron chi connectivity index (χ0n) is 17.8. The smallest absolute Gasteiger partial charge is 0.330 e. The Labute approximate surface area is 170 Å². The molecular weight excluding hydrogens is 350 g/mol. The fourth-order valence-corrected chi connectivity index (χ4v) is 2.47. The number of ether oxygens (including phenoxy) is 1. The first kappa shape index (κ1) is 25.4. The Hall–Kier alpha value is -2.62. The normalized spacial score (nSPS) is 11.1. The highest BCUT2D eigenvalue weighted by Gasteiger charge is 2.14. The molecule has 0 aliphatic heterocycles. The van der Waals surface area contributed by atoms with Crippen molar-refractivity contribution in [2.24, 2.45) is 5.92 Å². The number of carbonyl (C=O) groups is 2. The minimum Gasteiger partial charge on any atom is -0.466 e. The molecule has 0 saturated heterocycles. The van der Waals surface area contributed by atoms with Crippen molar-refractivity contribution < 1.29 is 14.3 Å². The molecule has 28 heavy (non-hydrogen) atoms. The van der Waals surface area contributed by atoms with Crippen LogP contribution in [0.4, 0.5) is 0 Å². The molecule has 0 aliphatic carbocycles. The monoisotopic (exact) mass is 385 g/mol. The van der Waals surface area contributed by atoms with E-state index in [1.54, 1.807) is 24.3 Å². The maximum Gasteiger partial charge on any atom is 0.330 e. The van der Waals surface area contributed by atoms with Crippen molar-refractivity contribution in [3.63, 3.8) is 0 Å². The van der Waals surface area contributed by atoms with Gasteiger partial charge in [0.1, 0.15) is 0 Å². The van der Waals surface area contributed by atoms with E-state index in [-0.39, 0.29) is 5.91 Å². The van der Waals surface area contributed by atoms with Gasteiger partial charge in [0.2, 0.25) is 0 Å². The number of carbonyl (C=O) groups excluding carboxylic acids is 2. The van der Waals surface area contributed by atoms with E-state index in [9.17, 15) is 9.59 Å². The van der Waals surface area contributed by atoms with E-state index in [2.05, 4.69) is 24.8 Å². The van der Waals surface area contributed by atoms with Gasteiger partial charge < -0.3 is 9.64 Å². The van der Waals surface area contributed by atoms with Crippen LogP contribution in [0.2, 0.25) is 0 Å². The summed E-state index contributed by atoms with van der Waals surface area (Å²) in [4.78, 5) is 25.6. The van der Waals surface area contributed by atoms with Gasteiger partial charge in [0.05, 0.1) is 7.11 Å². The molecule has 0 heterocycles. The lowest BCUT2D eigenvalue weighted by molar-refractivity contribution is -0.134. The lowest BCUT2D eigenvalue weighted by atomic mass is 10.0. The van der Waals surface area contributed by atoms with Crippen molar-refractivity contribution in [1.29, 1.82) is 0 Å². The number of methoxy groups -OCH3 is 1. The highest BCUT2D eigenvalue weighted by Crippen LogP contribution is 2.12. The second kappa shape index (κ2) is 15.4. The van der Waals surface area contributed by atoms with Crippen molar-refractivity contribution in [3.8, 4) is 0 Å². The van der Waals surface area contributed by atoms with Crippen LogP contribution in [0.5, 0.6) is 0 Å². The van der Waals surface area contributed by atoms with Crippen LogP contribution in [-0.2, 0) is 9.53 Å². The zero-order valence-corrected chi connectivity index (χ0v) is 17.8. The van der Waals surface area contributed by atoms with E-state index in [1.165, 1.54) is 13.2 Å². The van der Waals surface area contributed by atoms with E-state index in [4.69, 9.17) is 0 Å². The molecular formula is C24H35NO3. The van der Waals surface area contributed by atoms with Crippen LogP contribution in [0, 0.1) is 5.92 Å². The second-order valence-corrected chi connectivity index (χ2v) is 6.23. The predicted molar refractivity (Wildman–Crippen MR) is 118 cm³/mol. The van der Waals surface area contributed by atoms with Crippen LogP contribution in [0.3, 0.4) is 0 Å². The van der Waals surface area contributed by atoms with Gasteiger partial charge in [0.15, 0.2) is 0 Å². The van der Waals surface area contributed by atoms with Gasteiger partial charge in [-0.1, -0.05) is 51.5 Å². The summed E-state index contributed by atoms with van der Waals surface area (Å²) in [6, 6.07) is 7.17. The fraction of sp³-hybridized carbons (Fsp3) is 0.417. The average Bonchev–Trinajstić information content (AvgIpc) is 2.75. The molecule has 0 radical (unpaired) electrons. The SMILES string of the molecule is C=CCN(CCCCC(C)C=C)C(=O)c1ccc(/C=C/C(=O)OC)cc1.CC. The Morgan fingerprint density at radius 3 is 2.32 bits per heavy atom. The van der Waals surface area contributed by atoms with E-state index >= 15 is 0 Å². The van der Waals surface area contributed by atoms with Gasteiger partial charge in [-0.2, -0.15) is 0 Å². The van der Waals surface area contributed by atoms with Crippen molar-refractivity contribution in [1.82, 2.24) is 4.90 Å². The van der Waals surface area contributed by atoms with Gasteiger partial charge in [-0.3, -0.25) is 4.79 Å². The molecule has 0 spiro atoms. The van der Waals surface area contributed by atoms with Crippen molar-refractivity contribution >= 4 is 18.0 Å². The maximum absolute atomic E-state index is 12.7. The summed E-state index contributed by atoms with van der Waals surface area (Å²) in [5.41, 5.74) is 1.46. The van der Waals surface area contributed by atoms with Crippen molar-refractivity contribution in [3.05, 3.63) is 66.8 Å². The number of allylic oxidation sites excluding steroid dienone is 1. The van der Waals surface area contributed by atoms with Crippen molar-refractivity contribution in [2.45, 2.75) is 40.0 Å². The number of nitrogens with zero attached hydrogens (tertiary/aromatic N) is 1. The van der Waals surface area contributed by atoms with Gasteiger partial charge in [-0.05, 0) is 42.5 Å². The van der Waals surface area contributed by atoms with Crippen LogP contribution < -0.4 is 0 Å². The van der Waals surface area contributed by atoms with E-state index in [0.717, 1.165) is 24.8 Å². The molecule has 1 aromatic carbocycles. The first-order chi connectivity index (χ1) is 13.5. The van der Waals surface area contributed by atoms with Crippen LogP contribution in [0.25, 0.3) is 6.08 Å². The standard InChI is InChI=1S/C22H29NO3.C2H6/c1-5-16-23(17-8-7-9-18(3)6-2)22(25)20-13-10-19(11-14-20)12-15-21(24)26-4;1-2/h5-6,10-15,18H,1-2,7-9,16-17H2,3-4H3;1-2H3/b15-12+;. The third kappa shape index (κ3) is 9.91. The fourth-order valence-electron chi connectivity index (χ4n) is 2.47. The molecule has 0 bridgehead atoms. The van der Waals surface area contributed by atoms with Crippen LogP contribution in [-0.4, -0.2) is 37.0 Å².